The Morgan fingerprint density at radius 1 is 1.31 bits per heavy atom. The molecule has 0 spiro atoms. The van der Waals surface area contributed by atoms with Crippen LogP contribution >= 0.6 is 11.8 Å². The van der Waals surface area contributed by atoms with Crippen LogP contribution in [-0.4, -0.2) is 35.5 Å². The molecule has 0 heterocycles. The topological polar surface area (TPSA) is 41.1 Å². The average Bonchev–Trinajstić information content (AvgIpc) is 2.97. The van der Waals surface area contributed by atoms with Crippen LogP contribution in [0, 0.1) is 0 Å². The smallest absolute Gasteiger partial charge is 0.230 e. The first-order chi connectivity index (χ1) is 7.47. The van der Waals surface area contributed by atoms with Crippen LogP contribution in [-0.2, 0) is 4.79 Å². The van der Waals surface area contributed by atoms with Crippen molar-refractivity contribution in [1.82, 2.24) is 10.6 Å². The molecule has 0 radical (unpaired) electrons. The molecular weight excluding hydrogens is 220 g/mol. The quantitative estimate of drug-likeness (QED) is 0.671. The lowest BCUT2D eigenvalue weighted by atomic mass is 10.3. The third kappa shape index (κ3) is 7.99. The Morgan fingerprint density at radius 2 is 2.00 bits per heavy atom. The molecule has 0 aromatic rings. The minimum Gasteiger partial charge on any atom is -0.355 e. The summed E-state index contributed by atoms with van der Waals surface area (Å²) < 4.78 is 0.171. The molecule has 0 aromatic carbocycles. The van der Waals surface area contributed by atoms with Crippen molar-refractivity contribution in [3.05, 3.63) is 0 Å². The van der Waals surface area contributed by atoms with Gasteiger partial charge >= 0.3 is 0 Å². The van der Waals surface area contributed by atoms with E-state index in [1.165, 1.54) is 12.8 Å². The summed E-state index contributed by atoms with van der Waals surface area (Å²) in [4.78, 5) is 11.4. The molecule has 1 rings (SSSR count). The van der Waals surface area contributed by atoms with Crippen LogP contribution in [0.2, 0.25) is 0 Å². The van der Waals surface area contributed by atoms with Crippen LogP contribution in [0.4, 0.5) is 0 Å². The van der Waals surface area contributed by atoms with Crippen LogP contribution in [0.25, 0.3) is 0 Å². The first kappa shape index (κ1) is 13.8. The molecule has 2 N–H and O–H groups in total. The zero-order chi connectivity index (χ0) is 12.0. The highest BCUT2D eigenvalue weighted by atomic mass is 32.2. The number of hydrogen-bond acceptors (Lipinski definition) is 3. The Bertz CT molecular complexity index is 222. The van der Waals surface area contributed by atoms with E-state index in [0.717, 1.165) is 25.6 Å². The van der Waals surface area contributed by atoms with Gasteiger partial charge in [0.25, 0.3) is 0 Å². The highest BCUT2D eigenvalue weighted by Gasteiger charge is 2.19. The molecule has 1 amide bonds. The fraction of sp³-hybridized carbons (Fsp3) is 0.917. The van der Waals surface area contributed by atoms with Crippen molar-refractivity contribution in [3.63, 3.8) is 0 Å². The molecule has 94 valence electrons. The van der Waals surface area contributed by atoms with E-state index in [-0.39, 0.29) is 10.7 Å². The number of carbonyl (C=O) groups excluding carboxylic acids is 1. The molecule has 16 heavy (non-hydrogen) atoms. The van der Waals surface area contributed by atoms with Crippen molar-refractivity contribution in [3.8, 4) is 0 Å². The Balaban J connectivity index is 1.89. The second kappa shape index (κ2) is 6.50. The first-order valence-corrected chi connectivity index (χ1v) is 7.10. The minimum atomic E-state index is 0.159. The predicted octanol–water partition coefficient (Wildman–Crippen LogP) is 1.78. The number of nitrogens with one attached hydrogen (secondary N) is 2. The number of hydrogen-bond donors (Lipinski definition) is 2. The fourth-order valence-electron chi connectivity index (χ4n) is 1.24. The summed E-state index contributed by atoms with van der Waals surface area (Å²) in [5.74, 6) is 0.728. The lowest BCUT2D eigenvalue weighted by molar-refractivity contribution is -0.118. The van der Waals surface area contributed by atoms with E-state index in [9.17, 15) is 4.79 Å². The van der Waals surface area contributed by atoms with Crippen LogP contribution in [0.3, 0.4) is 0 Å². The molecule has 0 unspecified atom stereocenters. The van der Waals surface area contributed by atoms with Crippen LogP contribution < -0.4 is 10.6 Å². The Morgan fingerprint density at radius 3 is 2.56 bits per heavy atom. The van der Waals surface area contributed by atoms with E-state index in [1.54, 1.807) is 11.8 Å². The van der Waals surface area contributed by atoms with Crippen LogP contribution in [0.1, 0.15) is 40.0 Å². The van der Waals surface area contributed by atoms with E-state index >= 15 is 0 Å². The van der Waals surface area contributed by atoms with Gasteiger partial charge in [0.15, 0.2) is 0 Å². The number of carbonyl (C=O) groups is 1. The van der Waals surface area contributed by atoms with Gasteiger partial charge < -0.3 is 10.6 Å². The Labute approximate surface area is 103 Å². The molecule has 1 saturated carbocycles. The van der Waals surface area contributed by atoms with E-state index in [0.29, 0.717) is 5.75 Å². The molecule has 0 saturated heterocycles. The van der Waals surface area contributed by atoms with Gasteiger partial charge in [-0.25, -0.2) is 0 Å². The van der Waals surface area contributed by atoms with Gasteiger partial charge in [0.1, 0.15) is 0 Å². The van der Waals surface area contributed by atoms with Gasteiger partial charge in [0.05, 0.1) is 5.75 Å². The average molecular weight is 244 g/mol. The van der Waals surface area contributed by atoms with Crippen LogP contribution in [0.15, 0.2) is 0 Å². The number of thioether (sulfide) groups is 1. The summed E-state index contributed by atoms with van der Waals surface area (Å²) in [7, 11) is 0. The highest BCUT2D eigenvalue weighted by Crippen LogP contribution is 2.22. The number of rotatable bonds is 7. The summed E-state index contributed by atoms with van der Waals surface area (Å²) in [5, 5.41) is 6.38. The third-order valence-electron chi connectivity index (χ3n) is 2.32. The molecule has 0 aromatic heterocycles. The molecule has 4 heteroatoms. The molecule has 3 nitrogen and oxygen atoms in total. The van der Waals surface area contributed by atoms with Crippen molar-refractivity contribution in [2.45, 2.75) is 50.8 Å². The number of amides is 1. The van der Waals surface area contributed by atoms with Gasteiger partial charge in [-0.05, 0) is 25.8 Å². The maximum atomic E-state index is 11.4. The van der Waals surface area contributed by atoms with E-state index in [2.05, 4.69) is 31.4 Å². The molecule has 1 fully saturated rings. The predicted molar refractivity (Wildman–Crippen MR) is 70.9 cm³/mol. The Hall–Kier alpha value is -0.220. The normalized spacial score (nSPS) is 16.2. The van der Waals surface area contributed by atoms with E-state index in [4.69, 9.17) is 0 Å². The van der Waals surface area contributed by atoms with Crippen molar-refractivity contribution < 1.29 is 4.79 Å². The van der Waals surface area contributed by atoms with E-state index in [1.807, 2.05) is 0 Å². The first-order valence-electron chi connectivity index (χ1n) is 6.11. The summed E-state index contributed by atoms with van der Waals surface area (Å²) in [6.07, 6.45) is 3.69. The van der Waals surface area contributed by atoms with Crippen molar-refractivity contribution >= 4 is 17.7 Å². The summed E-state index contributed by atoms with van der Waals surface area (Å²) in [6.45, 7) is 8.21. The van der Waals surface area contributed by atoms with Crippen molar-refractivity contribution in [2.75, 3.05) is 18.8 Å². The molecule has 0 atom stereocenters. The SMILES string of the molecule is CC(C)(C)SCC(=O)NCCCNC1CC1. The molecular formula is C12H24N2OS. The minimum absolute atomic E-state index is 0.159. The standard InChI is InChI=1S/C12H24N2OS/c1-12(2,3)16-9-11(15)14-8-4-7-13-10-5-6-10/h10,13H,4-9H2,1-3H3,(H,14,15). The second-order valence-electron chi connectivity index (χ2n) is 5.33. The van der Waals surface area contributed by atoms with Gasteiger partial charge in [0, 0.05) is 17.3 Å². The summed E-state index contributed by atoms with van der Waals surface area (Å²) in [6, 6.07) is 0.771. The molecule has 0 aliphatic heterocycles. The highest BCUT2D eigenvalue weighted by molar-refractivity contribution is 8.01. The van der Waals surface area contributed by atoms with Crippen LogP contribution in [0.5, 0.6) is 0 Å². The maximum absolute atomic E-state index is 11.4. The monoisotopic (exact) mass is 244 g/mol. The van der Waals surface area contributed by atoms with Gasteiger partial charge in [0.2, 0.25) is 5.91 Å². The summed E-state index contributed by atoms with van der Waals surface area (Å²) >= 11 is 1.69. The van der Waals surface area contributed by atoms with Gasteiger partial charge in [-0.3, -0.25) is 4.79 Å². The molecule has 0 bridgehead atoms. The zero-order valence-electron chi connectivity index (χ0n) is 10.6. The zero-order valence-corrected chi connectivity index (χ0v) is 11.5. The lowest BCUT2D eigenvalue weighted by Gasteiger charge is -2.16. The van der Waals surface area contributed by atoms with Gasteiger partial charge in [-0.1, -0.05) is 20.8 Å². The van der Waals surface area contributed by atoms with E-state index < -0.39 is 0 Å². The molecule has 1 aliphatic rings. The summed E-state index contributed by atoms with van der Waals surface area (Å²) in [5.41, 5.74) is 0. The van der Waals surface area contributed by atoms with Crippen molar-refractivity contribution in [1.29, 1.82) is 0 Å². The maximum Gasteiger partial charge on any atom is 0.230 e. The lowest BCUT2D eigenvalue weighted by Crippen LogP contribution is -2.30. The Kier molecular flexibility index (Phi) is 5.62. The fourth-order valence-corrected chi connectivity index (χ4v) is 1.91. The largest absolute Gasteiger partial charge is 0.355 e. The van der Waals surface area contributed by atoms with Gasteiger partial charge in [-0.15, -0.1) is 11.8 Å². The van der Waals surface area contributed by atoms with Gasteiger partial charge in [-0.2, -0.15) is 0 Å². The molecule has 1 aliphatic carbocycles. The van der Waals surface area contributed by atoms with Crippen molar-refractivity contribution in [2.24, 2.45) is 0 Å². The third-order valence-corrected chi connectivity index (χ3v) is 3.59. The second-order valence-corrected chi connectivity index (χ2v) is 7.14.